The maximum absolute atomic E-state index is 13.8. The number of nitrogens with one attached hydrogen (secondary N) is 1. The fraction of sp³-hybridized carbons (Fsp3) is 0.143. The van der Waals surface area contributed by atoms with Gasteiger partial charge in [-0.05, 0) is 19.1 Å². The van der Waals surface area contributed by atoms with Gasteiger partial charge in [-0.25, -0.2) is 13.5 Å². The van der Waals surface area contributed by atoms with Gasteiger partial charge in [-0.2, -0.15) is 0 Å². The average molecular weight is 291 g/mol. The number of pyridine rings is 1. The zero-order valence-electron chi connectivity index (χ0n) is 11.3. The van der Waals surface area contributed by atoms with Crippen LogP contribution in [0.3, 0.4) is 0 Å². The van der Waals surface area contributed by atoms with E-state index in [0.717, 1.165) is 16.8 Å². The van der Waals surface area contributed by atoms with Gasteiger partial charge in [0.2, 0.25) is 0 Å². The maximum Gasteiger partial charge on any atom is 0.280 e. The highest BCUT2D eigenvalue weighted by molar-refractivity contribution is 5.80. The Morgan fingerprint density at radius 3 is 2.52 bits per heavy atom. The zero-order valence-corrected chi connectivity index (χ0v) is 11.3. The maximum atomic E-state index is 13.8. The molecule has 2 aromatic heterocycles. The predicted molar refractivity (Wildman–Crippen MR) is 73.8 cm³/mol. The van der Waals surface area contributed by atoms with E-state index in [1.807, 2.05) is 0 Å². The summed E-state index contributed by atoms with van der Waals surface area (Å²) in [6, 6.07) is 4.18. The van der Waals surface area contributed by atoms with Crippen molar-refractivity contribution in [2.45, 2.75) is 6.92 Å². The summed E-state index contributed by atoms with van der Waals surface area (Å²) in [5.74, 6) is -1.60. The van der Waals surface area contributed by atoms with E-state index in [1.54, 1.807) is 14.0 Å². The number of H-pyrrole nitrogens is 1. The van der Waals surface area contributed by atoms with Crippen LogP contribution in [0, 0.1) is 18.6 Å². The highest BCUT2D eigenvalue weighted by Gasteiger charge is 2.16. The van der Waals surface area contributed by atoms with Gasteiger partial charge in [-0.1, -0.05) is 0 Å². The van der Waals surface area contributed by atoms with Gasteiger partial charge in [0.1, 0.15) is 11.5 Å². The molecule has 108 valence electrons. The normalized spacial score (nSPS) is 11.2. The smallest absolute Gasteiger partial charge is 0.280 e. The lowest BCUT2D eigenvalue weighted by molar-refractivity contribution is 0.573. The lowest BCUT2D eigenvalue weighted by Crippen LogP contribution is -2.20. The standard InChI is InChI=1S/C14H11F2N3O2/c1-7-13-10(6-12(20)18(7)2)17-19(14(13)21)11-4-3-8(15)5-9(11)16/h3-6,17H,1-2H3. The van der Waals surface area contributed by atoms with Gasteiger partial charge in [0, 0.05) is 24.9 Å². The van der Waals surface area contributed by atoms with Crippen LogP contribution in [0.2, 0.25) is 0 Å². The van der Waals surface area contributed by atoms with Crippen LogP contribution >= 0.6 is 0 Å². The van der Waals surface area contributed by atoms with E-state index in [2.05, 4.69) is 5.10 Å². The third kappa shape index (κ3) is 1.89. The van der Waals surface area contributed by atoms with E-state index in [4.69, 9.17) is 0 Å². The molecule has 0 bridgehead atoms. The van der Waals surface area contributed by atoms with Crippen molar-refractivity contribution in [2.75, 3.05) is 0 Å². The van der Waals surface area contributed by atoms with Gasteiger partial charge < -0.3 is 4.57 Å². The Morgan fingerprint density at radius 2 is 1.86 bits per heavy atom. The van der Waals surface area contributed by atoms with Crippen LogP contribution in [0.4, 0.5) is 8.78 Å². The SMILES string of the molecule is Cc1c2c(=O)n(-c3ccc(F)cc3F)[nH]c2cc(=O)n1C. The number of hydrogen-bond donors (Lipinski definition) is 1. The van der Waals surface area contributed by atoms with Gasteiger partial charge in [0.05, 0.1) is 10.9 Å². The van der Waals surface area contributed by atoms with Crippen LogP contribution in [0.25, 0.3) is 16.6 Å². The number of halogens is 2. The second kappa shape index (κ2) is 4.41. The topological polar surface area (TPSA) is 59.8 Å². The van der Waals surface area contributed by atoms with Gasteiger partial charge >= 0.3 is 0 Å². The summed E-state index contributed by atoms with van der Waals surface area (Å²) in [4.78, 5) is 24.1. The summed E-state index contributed by atoms with van der Waals surface area (Å²) in [6.45, 7) is 1.63. The molecule has 0 fully saturated rings. The molecule has 0 atom stereocenters. The average Bonchev–Trinajstić information content (AvgIpc) is 2.73. The monoisotopic (exact) mass is 291 g/mol. The third-order valence-electron chi connectivity index (χ3n) is 3.53. The molecule has 0 aliphatic heterocycles. The summed E-state index contributed by atoms with van der Waals surface area (Å²) < 4.78 is 29.1. The van der Waals surface area contributed by atoms with E-state index in [0.29, 0.717) is 22.7 Å². The number of fused-ring (bicyclic) bond motifs is 1. The lowest BCUT2D eigenvalue weighted by atomic mass is 10.2. The van der Waals surface area contributed by atoms with Crippen molar-refractivity contribution in [2.24, 2.45) is 7.05 Å². The quantitative estimate of drug-likeness (QED) is 0.740. The Hall–Kier alpha value is -2.70. The van der Waals surface area contributed by atoms with Crippen molar-refractivity contribution >= 4 is 10.9 Å². The molecule has 0 radical (unpaired) electrons. The number of aromatic amines is 1. The minimum absolute atomic E-state index is 0.105. The van der Waals surface area contributed by atoms with Crippen molar-refractivity contribution in [1.82, 2.24) is 14.3 Å². The van der Waals surface area contributed by atoms with Crippen molar-refractivity contribution in [3.05, 3.63) is 62.3 Å². The molecule has 0 spiro atoms. The molecule has 1 aromatic carbocycles. The zero-order chi connectivity index (χ0) is 15.3. The molecule has 2 heterocycles. The molecule has 0 aliphatic rings. The molecular formula is C14H11F2N3O2. The highest BCUT2D eigenvalue weighted by Crippen LogP contribution is 2.16. The van der Waals surface area contributed by atoms with Gasteiger partial charge in [0.25, 0.3) is 11.1 Å². The van der Waals surface area contributed by atoms with Gasteiger partial charge in [0.15, 0.2) is 5.82 Å². The first-order valence-electron chi connectivity index (χ1n) is 6.17. The van der Waals surface area contributed by atoms with Crippen molar-refractivity contribution in [3.8, 4) is 5.69 Å². The number of aromatic nitrogens is 3. The number of benzene rings is 1. The van der Waals surface area contributed by atoms with Crippen LogP contribution in [-0.2, 0) is 7.05 Å². The number of hydrogen-bond acceptors (Lipinski definition) is 2. The molecule has 1 N–H and O–H groups in total. The fourth-order valence-corrected chi connectivity index (χ4v) is 2.29. The van der Waals surface area contributed by atoms with E-state index in [-0.39, 0.29) is 11.2 Å². The third-order valence-corrected chi connectivity index (χ3v) is 3.53. The van der Waals surface area contributed by atoms with E-state index < -0.39 is 17.2 Å². The minimum Gasteiger partial charge on any atom is -0.315 e. The second-order valence-electron chi connectivity index (χ2n) is 4.76. The summed E-state index contributed by atoms with van der Waals surface area (Å²) in [6.07, 6.45) is 0. The Balaban J connectivity index is 2.40. The Labute approximate surface area is 117 Å². The first kappa shape index (κ1) is 13.3. The molecule has 3 rings (SSSR count). The van der Waals surface area contributed by atoms with Crippen LogP contribution in [0.5, 0.6) is 0 Å². The minimum atomic E-state index is -0.868. The van der Waals surface area contributed by atoms with E-state index >= 15 is 0 Å². The lowest BCUT2D eigenvalue weighted by Gasteiger charge is -2.02. The van der Waals surface area contributed by atoms with Crippen molar-refractivity contribution < 1.29 is 8.78 Å². The number of nitrogens with zero attached hydrogens (tertiary/aromatic N) is 2. The molecule has 0 saturated heterocycles. The first-order chi connectivity index (χ1) is 9.90. The van der Waals surface area contributed by atoms with Crippen molar-refractivity contribution in [1.29, 1.82) is 0 Å². The Morgan fingerprint density at radius 1 is 1.14 bits per heavy atom. The Kier molecular flexibility index (Phi) is 2.79. The van der Waals surface area contributed by atoms with E-state index in [9.17, 15) is 18.4 Å². The number of aryl methyl sites for hydroxylation is 1. The molecular weight excluding hydrogens is 280 g/mol. The van der Waals surface area contributed by atoms with E-state index in [1.165, 1.54) is 10.6 Å². The molecule has 0 unspecified atom stereocenters. The summed E-state index contributed by atoms with van der Waals surface area (Å²) >= 11 is 0. The largest absolute Gasteiger partial charge is 0.315 e. The molecule has 21 heavy (non-hydrogen) atoms. The van der Waals surface area contributed by atoms with Gasteiger partial charge in [-0.3, -0.25) is 14.7 Å². The summed E-state index contributed by atoms with van der Waals surface area (Å²) in [5, 5.41) is 2.97. The summed E-state index contributed by atoms with van der Waals surface area (Å²) in [7, 11) is 1.55. The summed E-state index contributed by atoms with van der Waals surface area (Å²) in [5.41, 5.74) is -0.104. The van der Waals surface area contributed by atoms with Gasteiger partial charge in [-0.15, -0.1) is 0 Å². The van der Waals surface area contributed by atoms with Crippen LogP contribution in [0.1, 0.15) is 5.69 Å². The molecule has 7 heteroatoms. The molecule has 3 aromatic rings. The van der Waals surface area contributed by atoms with Crippen LogP contribution < -0.4 is 11.1 Å². The molecule has 0 aliphatic carbocycles. The predicted octanol–water partition coefficient (Wildman–Crippen LogP) is 1.60. The molecule has 0 saturated carbocycles. The molecule has 5 nitrogen and oxygen atoms in total. The highest BCUT2D eigenvalue weighted by atomic mass is 19.1. The second-order valence-corrected chi connectivity index (χ2v) is 4.76. The van der Waals surface area contributed by atoms with Crippen molar-refractivity contribution in [3.63, 3.8) is 0 Å². The molecule has 0 amide bonds. The van der Waals surface area contributed by atoms with Crippen LogP contribution in [0.15, 0.2) is 33.9 Å². The fourth-order valence-electron chi connectivity index (χ4n) is 2.29. The Bertz CT molecular complexity index is 982. The number of rotatable bonds is 1. The first-order valence-corrected chi connectivity index (χ1v) is 6.17. The van der Waals surface area contributed by atoms with Crippen LogP contribution in [-0.4, -0.2) is 14.3 Å².